The molecule has 7 heteroatoms. The fraction of sp³-hybridized carbons (Fsp3) is 0.500. The van der Waals surface area contributed by atoms with Crippen molar-refractivity contribution in [1.29, 1.82) is 0 Å². The molecule has 0 N–H and O–H groups in total. The zero-order valence-corrected chi connectivity index (χ0v) is 9.09. The van der Waals surface area contributed by atoms with E-state index in [1.54, 1.807) is 0 Å². The Morgan fingerprint density at radius 1 is 1.27 bits per heavy atom. The highest BCUT2D eigenvalue weighted by Gasteiger charge is 2.47. The average molecular weight is 282 g/mol. The smallest absolute Gasteiger partial charge is 0.339 e. The maximum absolute atomic E-state index is 12.2. The molecular formula is C8H7BrF3N3. The minimum atomic E-state index is -4.11. The van der Waals surface area contributed by atoms with Crippen LogP contribution < -0.4 is 4.90 Å². The number of alkyl halides is 3. The van der Waals surface area contributed by atoms with Crippen LogP contribution in [0.3, 0.4) is 0 Å². The molecule has 1 aromatic heterocycles. The van der Waals surface area contributed by atoms with Crippen molar-refractivity contribution in [1.82, 2.24) is 9.97 Å². The SMILES string of the molecule is FC(F)(F)C1CN(c2ncc(Br)cn2)C1. The molecule has 0 radical (unpaired) electrons. The maximum Gasteiger partial charge on any atom is 0.395 e. The van der Waals surface area contributed by atoms with E-state index in [2.05, 4.69) is 25.9 Å². The number of aromatic nitrogens is 2. The molecule has 3 nitrogen and oxygen atoms in total. The number of hydrogen-bond donors (Lipinski definition) is 0. The summed E-state index contributed by atoms with van der Waals surface area (Å²) < 4.78 is 37.2. The lowest BCUT2D eigenvalue weighted by atomic mass is 10.0. The van der Waals surface area contributed by atoms with Crippen molar-refractivity contribution < 1.29 is 13.2 Å². The summed E-state index contributed by atoms with van der Waals surface area (Å²) in [6.45, 7) is -0.101. The number of hydrogen-bond acceptors (Lipinski definition) is 3. The van der Waals surface area contributed by atoms with Crippen molar-refractivity contribution in [3.63, 3.8) is 0 Å². The second kappa shape index (κ2) is 3.62. The van der Waals surface area contributed by atoms with Crippen LogP contribution in [0.2, 0.25) is 0 Å². The third kappa shape index (κ3) is 2.22. The predicted octanol–water partition coefficient (Wildman–Crippen LogP) is 2.24. The van der Waals surface area contributed by atoms with Gasteiger partial charge < -0.3 is 4.90 Å². The van der Waals surface area contributed by atoms with E-state index in [1.807, 2.05) is 0 Å². The van der Waals surface area contributed by atoms with Gasteiger partial charge in [-0.25, -0.2) is 9.97 Å². The molecule has 1 saturated heterocycles. The van der Waals surface area contributed by atoms with Gasteiger partial charge in [0.1, 0.15) is 0 Å². The topological polar surface area (TPSA) is 29.0 Å². The van der Waals surface area contributed by atoms with Crippen LogP contribution in [0.1, 0.15) is 0 Å². The van der Waals surface area contributed by atoms with Gasteiger partial charge in [0.05, 0.1) is 10.4 Å². The summed E-state index contributed by atoms with van der Waals surface area (Å²) in [5, 5.41) is 0. The van der Waals surface area contributed by atoms with Crippen LogP contribution in [-0.4, -0.2) is 29.2 Å². The molecule has 0 bridgehead atoms. The molecule has 1 aliphatic heterocycles. The molecule has 0 amide bonds. The molecule has 1 fully saturated rings. The summed E-state index contributed by atoms with van der Waals surface area (Å²) in [5.41, 5.74) is 0. The van der Waals surface area contributed by atoms with Gasteiger partial charge in [0.25, 0.3) is 0 Å². The molecule has 82 valence electrons. The largest absolute Gasteiger partial charge is 0.395 e. The highest BCUT2D eigenvalue weighted by atomic mass is 79.9. The summed E-state index contributed by atoms with van der Waals surface area (Å²) in [7, 11) is 0. The summed E-state index contributed by atoms with van der Waals surface area (Å²) in [5.74, 6) is -0.900. The molecule has 2 rings (SSSR count). The van der Waals surface area contributed by atoms with E-state index >= 15 is 0 Å². The van der Waals surface area contributed by atoms with Crippen LogP contribution >= 0.6 is 15.9 Å². The summed E-state index contributed by atoms with van der Waals surface area (Å²) in [6, 6.07) is 0. The van der Waals surface area contributed by atoms with Gasteiger partial charge in [0, 0.05) is 25.5 Å². The van der Waals surface area contributed by atoms with Crippen LogP contribution in [0, 0.1) is 5.92 Å². The Morgan fingerprint density at radius 2 is 1.80 bits per heavy atom. The average Bonchev–Trinajstić information content (AvgIpc) is 2.03. The molecule has 0 unspecified atom stereocenters. The van der Waals surface area contributed by atoms with Gasteiger partial charge in [-0.2, -0.15) is 13.2 Å². The lowest BCUT2D eigenvalue weighted by Gasteiger charge is -2.39. The highest BCUT2D eigenvalue weighted by Crippen LogP contribution is 2.34. The fourth-order valence-corrected chi connectivity index (χ4v) is 1.52. The molecule has 1 aromatic rings. The van der Waals surface area contributed by atoms with E-state index in [-0.39, 0.29) is 13.1 Å². The first-order valence-electron chi connectivity index (χ1n) is 4.26. The fourth-order valence-electron chi connectivity index (χ4n) is 1.32. The molecule has 0 aromatic carbocycles. The highest BCUT2D eigenvalue weighted by molar-refractivity contribution is 9.10. The van der Waals surface area contributed by atoms with Crippen LogP contribution in [-0.2, 0) is 0 Å². The number of nitrogens with zero attached hydrogens (tertiary/aromatic N) is 3. The monoisotopic (exact) mass is 281 g/mol. The third-order valence-electron chi connectivity index (χ3n) is 2.23. The van der Waals surface area contributed by atoms with Crippen molar-refractivity contribution in [2.75, 3.05) is 18.0 Å². The van der Waals surface area contributed by atoms with Crippen LogP contribution in [0.5, 0.6) is 0 Å². The van der Waals surface area contributed by atoms with Gasteiger partial charge >= 0.3 is 6.18 Å². The second-order valence-electron chi connectivity index (χ2n) is 3.34. The second-order valence-corrected chi connectivity index (χ2v) is 4.26. The van der Waals surface area contributed by atoms with E-state index in [0.717, 1.165) is 0 Å². The first-order valence-corrected chi connectivity index (χ1v) is 5.05. The molecule has 2 heterocycles. The van der Waals surface area contributed by atoms with Gasteiger partial charge in [-0.05, 0) is 15.9 Å². The Hall–Kier alpha value is -0.850. The van der Waals surface area contributed by atoms with E-state index in [4.69, 9.17) is 0 Å². The first kappa shape index (κ1) is 10.7. The maximum atomic E-state index is 12.2. The van der Waals surface area contributed by atoms with E-state index in [9.17, 15) is 13.2 Å². The molecule has 0 atom stereocenters. The number of anilines is 1. The zero-order valence-electron chi connectivity index (χ0n) is 7.50. The van der Waals surface area contributed by atoms with E-state index in [0.29, 0.717) is 10.4 Å². The van der Waals surface area contributed by atoms with Gasteiger partial charge in [-0.3, -0.25) is 0 Å². The van der Waals surface area contributed by atoms with Gasteiger partial charge in [-0.1, -0.05) is 0 Å². The Labute approximate surface area is 92.4 Å². The van der Waals surface area contributed by atoms with Gasteiger partial charge in [0.15, 0.2) is 0 Å². The van der Waals surface area contributed by atoms with Gasteiger partial charge in [-0.15, -0.1) is 0 Å². The molecule has 15 heavy (non-hydrogen) atoms. The van der Waals surface area contributed by atoms with Crippen LogP contribution in [0.4, 0.5) is 19.1 Å². The quantitative estimate of drug-likeness (QED) is 0.791. The number of rotatable bonds is 1. The molecule has 0 spiro atoms. The lowest BCUT2D eigenvalue weighted by Crippen LogP contribution is -2.54. The number of halogens is 4. The van der Waals surface area contributed by atoms with Crippen molar-refractivity contribution in [2.24, 2.45) is 5.92 Å². The lowest BCUT2D eigenvalue weighted by molar-refractivity contribution is -0.180. The van der Waals surface area contributed by atoms with E-state index < -0.39 is 12.1 Å². The molecule has 1 aliphatic rings. The predicted molar refractivity (Wildman–Crippen MR) is 51.5 cm³/mol. The zero-order chi connectivity index (χ0) is 11.1. The summed E-state index contributed by atoms with van der Waals surface area (Å²) in [4.78, 5) is 9.34. The summed E-state index contributed by atoms with van der Waals surface area (Å²) in [6.07, 6.45) is -1.07. The van der Waals surface area contributed by atoms with Crippen molar-refractivity contribution in [3.05, 3.63) is 16.9 Å². The third-order valence-corrected chi connectivity index (χ3v) is 2.64. The Morgan fingerprint density at radius 3 is 2.27 bits per heavy atom. The molecule has 0 aliphatic carbocycles. The normalized spacial score (nSPS) is 17.7. The standard InChI is InChI=1S/C8H7BrF3N3/c9-6-1-13-7(14-2-6)15-3-5(4-15)8(10,11)12/h1-2,5H,3-4H2. The Kier molecular flexibility index (Phi) is 2.57. The van der Waals surface area contributed by atoms with Crippen LogP contribution in [0.15, 0.2) is 16.9 Å². The van der Waals surface area contributed by atoms with Gasteiger partial charge in [0.2, 0.25) is 5.95 Å². The Balaban J connectivity index is 1.98. The van der Waals surface area contributed by atoms with Crippen molar-refractivity contribution in [2.45, 2.75) is 6.18 Å². The molecular weight excluding hydrogens is 275 g/mol. The van der Waals surface area contributed by atoms with Crippen molar-refractivity contribution >= 4 is 21.9 Å². The minimum Gasteiger partial charge on any atom is -0.339 e. The molecule has 0 saturated carbocycles. The van der Waals surface area contributed by atoms with Crippen molar-refractivity contribution in [3.8, 4) is 0 Å². The minimum absolute atomic E-state index is 0.0505. The van der Waals surface area contributed by atoms with E-state index in [1.165, 1.54) is 17.3 Å². The van der Waals surface area contributed by atoms with Crippen LogP contribution in [0.25, 0.3) is 0 Å². The first-order chi connectivity index (χ1) is 6.97. The Bertz CT molecular complexity index is 345. The summed E-state index contributed by atoms with van der Waals surface area (Å²) >= 11 is 3.15.